The van der Waals surface area contributed by atoms with E-state index in [9.17, 15) is 13.2 Å². The third kappa shape index (κ3) is 3.99. The summed E-state index contributed by atoms with van der Waals surface area (Å²) in [5, 5.41) is 3.84. The SMILES string of the molecule is FC(F)(F)c1cc2c(NC3c4ccccc4CCC3N3CCCOCC3)ncnc2[nH]1. The van der Waals surface area contributed by atoms with E-state index in [1.165, 1.54) is 17.5 Å². The number of rotatable bonds is 3. The van der Waals surface area contributed by atoms with Crippen molar-refractivity contribution >= 4 is 16.9 Å². The fourth-order valence-corrected chi connectivity index (χ4v) is 4.76. The first-order valence-corrected chi connectivity index (χ1v) is 10.6. The van der Waals surface area contributed by atoms with Gasteiger partial charge in [0, 0.05) is 25.7 Å². The number of hydrogen-bond acceptors (Lipinski definition) is 5. The summed E-state index contributed by atoms with van der Waals surface area (Å²) >= 11 is 0. The highest BCUT2D eigenvalue weighted by Gasteiger charge is 2.36. The molecule has 0 saturated carbocycles. The Morgan fingerprint density at radius 1 is 1.13 bits per heavy atom. The molecule has 1 aliphatic carbocycles. The Kier molecular flexibility index (Phi) is 5.31. The van der Waals surface area contributed by atoms with Crippen LogP contribution in [0.5, 0.6) is 0 Å². The number of fused-ring (bicyclic) bond motifs is 2. The number of hydrogen-bond donors (Lipinski definition) is 2. The zero-order valence-corrected chi connectivity index (χ0v) is 17.0. The quantitative estimate of drug-likeness (QED) is 0.652. The van der Waals surface area contributed by atoms with Gasteiger partial charge in [0.05, 0.1) is 18.0 Å². The first-order chi connectivity index (χ1) is 15.0. The zero-order chi connectivity index (χ0) is 21.4. The summed E-state index contributed by atoms with van der Waals surface area (Å²) in [4.78, 5) is 13.1. The van der Waals surface area contributed by atoms with E-state index in [2.05, 4.69) is 37.3 Å². The summed E-state index contributed by atoms with van der Waals surface area (Å²) in [6.07, 6.45) is -0.272. The van der Waals surface area contributed by atoms with Crippen molar-refractivity contribution in [2.45, 2.75) is 37.5 Å². The molecule has 2 aromatic heterocycles. The van der Waals surface area contributed by atoms with Crippen LogP contribution < -0.4 is 5.32 Å². The maximum atomic E-state index is 13.2. The summed E-state index contributed by atoms with van der Waals surface area (Å²) in [5.74, 6) is 0.412. The largest absolute Gasteiger partial charge is 0.431 e. The molecule has 0 spiro atoms. The lowest BCUT2D eigenvalue weighted by molar-refractivity contribution is -0.140. The van der Waals surface area contributed by atoms with Crippen molar-refractivity contribution in [2.75, 3.05) is 31.6 Å². The molecule has 0 radical (unpaired) electrons. The second kappa shape index (κ2) is 8.12. The van der Waals surface area contributed by atoms with Crippen molar-refractivity contribution < 1.29 is 17.9 Å². The van der Waals surface area contributed by atoms with E-state index < -0.39 is 11.9 Å². The van der Waals surface area contributed by atoms with Gasteiger partial charge in [0.2, 0.25) is 0 Å². The molecular formula is C22H24F3N5O. The maximum absolute atomic E-state index is 13.2. The van der Waals surface area contributed by atoms with E-state index in [0.29, 0.717) is 17.8 Å². The van der Waals surface area contributed by atoms with Crippen molar-refractivity contribution in [1.29, 1.82) is 0 Å². The molecule has 2 unspecified atom stereocenters. The predicted molar refractivity (Wildman–Crippen MR) is 111 cm³/mol. The van der Waals surface area contributed by atoms with Crippen LogP contribution in [0.1, 0.15) is 35.7 Å². The molecule has 1 saturated heterocycles. The lowest BCUT2D eigenvalue weighted by atomic mass is 9.83. The summed E-state index contributed by atoms with van der Waals surface area (Å²) in [6.45, 7) is 3.22. The molecule has 3 heterocycles. The summed E-state index contributed by atoms with van der Waals surface area (Å²) in [7, 11) is 0. The molecular weight excluding hydrogens is 407 g/mol. The molecule has 0 amide bonds. The number of anilines is 1. The summed E-state index contributed by atoms with van der Waals surface area (Å²) in [6, 6.07) is 9.45. The highest BCUT2D eigenvalue weighted by atomic mass is 19.4. The van der Waals surface area contributed by atoms with Crippen molar-refractivity contribution in [3.63, 3.8) is 0 Å². The lowest BCUT2D eigenvalue weighted by Gasteiger charge is -2.41. The average Bonchev–Trinajstić information content (AvgIpc) is 3.04. The van der Waals surface area contributed by atoms with Gasteiger partial charge in [0.25, 0.3) is 0 Å². The second-order valence-electron chi connectivity index (χ2n) is 8.09. The van der Waals surface area contributed by atoms with E-state index in [1.807, 2.05) is 12.1 Å². The minimum Gasteiger partial charge on any atom is -0.380 e. The van der Waals surface area contributed by atoms with Gasteiger partial charge in [0.1, 0.15) is 23.5 Å². The molecule has 3 aromatic rings. The Bertz CT molecular complexity index is 1060. The number of nitrogens with one attached hydrogen (secondary N) is 2. The number of aromatic amines is 1. The van der Waals surface area contributed by atoms with Gasteiger partial charge in [-0.1, -0.05) is 24.3 Å². The standard InChI is InChI=1S/C22H24F3N5O/c23-22(24,25)18-12-16-20(28-18)26-13-27-21(16)29-19-15-5-2-1-4-14(15)6-7-17(19)30-8-3-10-31-11-9-30/h1-2,4-5,12-13,17,19H,3,6-11H2,(H2,26,27,28,29). The van der Waals surface area contributed by atoms with Crippen molar-refractivity contribution in [3.8, 4) is 0 Å². The maximum Gasteiger partial charge on any atom is 0.431 e. The van der Waals surface area contributed by atoms with Crippen LogP contribution in [0.4, 0.5) is 19.0 Å². The second-order valence-corrected chi connectivity index (χ2v) is 8.09. The van der Waals surface area contributed by atoms with Crippen molar-refractivity contribution in [1.82, 2.24) is 19.9 Å². The number of H-pyrrole nitrogens is 1. The first kappa shape index (κ1) is 20.3. The molecule has 5 rings (SSSR count). The van der Waals surface area contributed by atoms with Gasteiger partial charge in [-0.15, -0.1) is 0 Å². The molecule has 2 aliphatic rings. The average molecular weight is 431 g/mol. The van der Waals surface area contributed by atoms with Gasteiger partial charge in [-0.25, -0.2) is 9.97 Å². The molecule has 31 heavy (non-hydrogen) atoms. The van der Waals surface area contributed by atoms with Gasteiger partial charge in [-0.2, -0.15) is 13.2 Å². The molecule has 164 valence electrons. The van der Waals surface area contributed by atoms with Crippen molar-refractivity contribution in [3.05, 3.63) is 53.5 Å². The van der Waals surface area contributed by atoms with Gasteiger partial charge in [-0.05, 0) is 36.5 Å². The third-order valence-electron chi connectivity index (χ3n) is 6.23. The van der Waals surface area contributed by atoms with Crippen molar-refractivity contribution in [2.24, 2.45) is 0 Å². The van der Waals surface area contributed by atoms with Crippen LogP contribution in [0.15, 0.2) is 36.7 Å². The molecule has 1 fully saturated rings. The highest BCUT2D eigenvalue weighted by molar-refractivity contribution is 5.88. The number of aromatic nitrogens is 3. The Morgan fingerprint density at radius 3 is 2.87 bits per heavy atom. The lowest BCUT2D eigenvalue weighted by Crippen LogP contribution is -2.46. The van der Waals surface area contributed by atoms with E-state index in [1.54, 1.807) is 0 Å². The van der Waals surface area contributed by atoms with E-state index in [-0.39, 0.29) is 17.7 Å². The molecule has 9 heteroatoms. The van der Waals surface area contributed by atoms with E-state index >= 15 is 0 Å². The first-order valence-electron chi connectivity index (χ1n) is 10.6. The molecule has 2 atom stereocenters. The Morgan fingerprint density at radius 2 is 2.00 bits per heavy atom. The molecule has 1 aliphatic heterocycles. The third-order valence-corrected chi connectivity index (χ3v) is 6.23. The predicted octanol–water partition coefficient (Wildman–Crippen LogP) is 4.17. The van der Waals surface area contributed by atoms with E-state index in [4.69, 9.17) is 4.74 Å². The highest BCUT2D eigenvalue weighted by Crippen LogP contribution is 2.38. The van der Waals surface area contributed by atoms with Gasteiger partial charge in [0.15, 0.2) is 0 Å². The van der Waals surface area contributed by atoms with Crippen LogP contribution in [0.2, 0.25) is 0 Å². The fraction of sp³-hybridized carbons (Fsp3) is 0.455. The monoisotopic (exact) mass is 431 g/mol. The zero-order valence-electron chi connectivity index (χ0n) is 17.0. The van der Waals surface area contributed by atoms with Gasteiger partial charge >= 0.3 is 6.18 Å². The number of benzene rings is 1. The van der Waals surface area contributed by atoms with Crippen LogP contribution in [0.25, 0.3) is 11.0 Å². The molecule has 2 N–H and O–H groups in total. The summed E-state index contributed by atoms with van der Waals surface area (Å²) in [5.41, 5.74) is 1.78. The number of halogens is 3. The van der Waals surface area contributed by atoms with Gasteiger partial charge < -0.3 is 15.0 Å². The normalized spacial score (nSPS) is 22.8. The summed E-state index contributed by atoms with van der Waals surface area (Å²) < 4.78 is 45.4. The smallest absolute Gasteiger partial charge is 0.380 e. The topological polar surface area (TPSA) is 66.1 Å². The van der Waals surface area contributed by atoms with E-state index in [0.717, 1.165) is 45.0 Å². The number of alkyl halides is 3. The minimum atomic E-state index is -4.47. The van der Waals surface area contributed by atoms with Crippen LogP contribution in [0.3, 0.4) is 0 Å². The number of aryl methyl sites for hydroxylation is 1. The number of ether oxygens (including phenoxy) is 1. The Hall–Kier alpha value is -2.65. The van der Waals surface area contributed by atoms with Gasteiger partial charge in [-0.3, -0.25) is 4.90 Å². The molecule has 0 bridgehead atoms. The molecule has 6 nitrogen and oxygen atoms in total. The molecule has 1 aromatic carbocycles. The fourth-order valence-electron chi connectivity index (χ4n) is 4.76. The Balaban J connectivity index is 1.53. The van der Waals surface area contributed by atoms with Crippen LogP contribution in [-0.2, 0) is 17.3 Å². The van der Waals surface area contributed by atoms with Crippen LogP contribution in [-0.4, -0.2) is 52.2 Å². The minimum absolute atomic E-state index is 0.0922. The van der Waals surface area contributed by atoms with Crippen LogP contribution in [0, 0.1) is 0 Å². The number of nitrogens with zero attached hydrogens (tertiary/aromatic N) is 3. The van der Waals surface area contributed by atoms with Crippen LogP contribution >= 0.6 is 0 Å². The Labute approximate surface area is 177 Å².